The van der Waals surface area contributed by atoms with Gasteiger partial charge in [-0.25, -0.2) is 4.79 Å². The second-order valence-electron chi connectivity index (χ2n) is 13.6. The molecular weight excluding hydrogens is 568 g/mol. The van der Waals surface area contributed by atoms with Crippen molar-refractivity contribution in [3.05, 3.63) is 0 Å². The normalized spacial score (nSPS) is 11.5. The first-order valence-electron chi connectivity index (χ1n) is 18.7. The van der Waals surface area contributed by atoms with E-state index in [1.54, 1.807) is 0 Å². The Bertz CT molecular complexity index is 670. The number of amides is 1. The molecule has 0 saturated heterocycles. The molecule has 0 rings (SSSR count). The third-order valence-corrected chi connectivity index (χ3v) is 7.80. The maximum atomic E-state index is 12.2. The molecule has 0 fully saturated rings. The fraction of sp³-hybridized carbons (Fsp3) is 0.919. The highest BCUT2D eigenvalue weighted by atomic mass is 16.6. The number of nitrogens with one attached hydrogen (secondary N) is 1. The monoisotopic (exact) mass is 641 g/mol. The molecule has 0 aliphatic rings. The highest BCUT2D eigenvalue weighted by Crippen LogP contribution is 2.11. The van der Waals surface area contributed by atoms with E-state index in [4.69, 9.17) is 14.2 Å². The molecule has 0 aliphatic carbocycles. The smallest absolute Gasteiger partial charge is 0.407 e. The van der Waals surface area contributed by atoms with Gasteiger partial charge < -0.3 is 24.4 Å². The number of alkyl carbamates (subject to hydrolysis) is 1. The van der Waals surface area contributed by atoms with Crippen LogP contribution in [-0.4, -0.2) is 67.9 Å². The van der Waals surface area contributed by atoms with Gasteiger partial charge in [0.1, 0.15) is 5.60 Å². The predicted molar refractivity (Wildman–Crippen MR) is 186 cm³/mol. The summed E-state index contributed by atoms with van der Waals surface area (Å²) in [6.07, 6.45) is 22.8. The summed E-state index contributed by atoms with van der Waals surface area (Å²) >= 11 is 0. The van der Waals surface area contributed by atoms with Crippen LogP contribution < -0.4 is 5.32 Å². The van der Waals surface area contributed by atoms with Crippen LogP contribution in [0, 0.1) is 0 Å². The van der Waals surface area contributed by atoms with Crippen LogP contribution in [0.25, 0.3) is 0 Å². The molecule has 0 atom stereocenters. The average Bonchev–Trinajstić information content (AvgIpc) is 2.98. The minimum atomic E-state index is -0.499. The zero-order valence-corrected chi connectivity index (χ0v) is 30.2. The lowest BCUT2D eigenvalue weighted by Gasteiger charge is -2.22. The van der Waals surface area contributed by atoms with Gasteiger partial charge in [0.25, 0.3) is 0 Å². The minimum absolute atomic E-state index is 0.0873. The Labute approximate surface area is 277 Å². The predicted octanol–water partition coefficient (Wildman–Crippen LogP) is 9.52. The Morgan fingerprint density at radius 3 is 1.36 bits per heavy atom. The molecule has 1 N–H and O–H groups in total. The van der Waals surface area contributed by atoms with Gasteiger partial charge in [-0.3, -0.25) is 9.59 Å². The Morgan fingerprint density at radius 1 is 0.533 bits per heavy atom. The number of nitrogens with zero attached hydrogens (tertiary/aromatic N) is 1. The Balaban J connectivity index is 4.24. The Morgan fingerprint density at radius 2 is 0.933 bits per heavy atom. The topological polar surface area (TPSA) is 94.2 Å². The molecule has 1 amide bonds. The molecule has 0 aromatic carbocycles. The van der Waals surface area contributed by atoms with Gasteiger partial charge in [0.2, 0.25) is 0 Å². The van der Waals surface area contributed by atoms with E-state index in [2.05, 4.69) is 24.1 Å². The van der Waals surface area contributed by atoms with Gasteiger partial charge in [0.05, 0.1) is 13.2 Å². The fourth-order valence-electron chi connectivity index (χ4n) is 5.14. The second-order valence-corrected chi connectivity index (χ2v) is 13.6. The van der Waals surface area contributed by atoms with Crippen LogP contribution in [-0.2, 0) is 23.8 Å². The number of carbonyl (C=O) groups is 3. The summed E-state index contributed by atoms with van der Waals surface area (Å²) in [7, 11) is 0. The molecular formula is C37H72N2O6. The number of unbranched alkanes of at least 4 members (excludes halogenated alkanes) is 15. The van der Waals surface area contributed by atoms with Crippen molar-refractivity contribution in [2.75, 3.05) is 39.4 Å². The van der Waals surface area contributed by atoms with Crippen molar-refractivity contribution in [2.24, 2.45) is 0 Å². The molecule has 0 radical (unpaired) electrons. The molecule has 0 bridgehead atoms. The first-order valence-corrected chi connectivity index (χ1v) is 18.7. The van der Waals surface area contributed by atoms with Crippen LogP contribution in [0.15, 0.2) is 0 Å². The van der Waals surface area contributed by atoms with Crippen molar-refractivity contribution < 1.29 is 28.6 Å². The van der Waals surface area contributed by atoms with Gasteiger partial charge in [-0.1, -0.05) is 90.9 Å². The number of esters is 2. The lowest BCUT2D eigenvalue weighted by molar-refractivity contribution is -0.144. The molecule has 0 heterocycles. The summed E-state index contributed by atoms with van der Waals surface area (Å²) in [5, 5.41) is 2.83. The first-order chi connectivity index (χ1) is 21.7. The molecule has 266 valence electrons. The van der Waals surface area contributed by atoms with Crippen LogP contribution in [0.5, 0.6) is 0 Å². The van der Waals surface area contributed by atoms with E-state index in [-0.39, 0.29) is 18.0 Å². The van der Waals surface area contributed by atoms with Crippen molar-refractivity contribution in [1.82, 2.24) is 10.2 Å². The van der Waals surface area contributed by atoms with Gasteiger partial charge in [0.15, 0.2) is 0 Å². The zero-order chi connectivity index (χ0) is 33.4. The van der Waals surface area contributed by atoms with E-state index in [0.29, 0.717) is 32.6 Å². The van der Waals surface area contributed by atoms with E-state index in [0.717, 1.165) is 83.8 Å². The van der Waals surface area contributed by atoms with E-state index in [1.165, 1.54) is 64.2 Å². The van der Waals surface area contributed by atoms with E-state index < -0.39 is 5.60 Å². The fourth-order valence-corrected chi connectivity index (χ4v) is 5.14. The standard InChI is InChI=1S/C37H72N2O6/c1-6-8-10-12-14-16-24-32-43-34(40)26-18-21-29-39(31-23-20-28-38-36(42)45-37(3,4)5)30-22-19-27-35(41)44-33-25-17-15-13-11-9-7-2/h6-33H2,1-5H3,(H,38,42). The molecule has 0 aromatic heterocycles. The van der Waals surface area contributed by atoms with Crippen molar-refractivity contribution in [3.8, 4) is 0 Å². The van der Waals surface area contributed by atoms with Crippen LogP contribution >= 0.6 is 0 Å². The van der Waals surface area contributed by atoms with E-state index in [9.17, 15) is 14.4 Å². The molecule has 0 aromatic rings. The van der Waals surface area contributed by atoms with Crippen molar-refractivity contribution in [3.63, 3.8) is 0 Å². The number of carbonyl (C=O) groups excluding carboxylic acids is 3. The molecule has 8 heteroatoms. The maximum absolute atomic E-state index is 12.2. The largest absolute Gasteiger partial charge is 0.466 e. The van der Waals surface area contributed by atoms with Crippen LogP contribution in [0.4, 0.5) is 4.79 Å². The number of rotatable bonds is 31. The van der Waals surface area contributed by atoms with Gasteiger partial charge in [-0.15, -0.1) is 0 Å². The van der Waals surface area contributed by atoms with Gasteiger partial charge in [0, 0.05) is 19.4 Å². The van der Waals surface area contributed by atoms with Crippen LogP contribution in [0.1, 0.15) is 176 Å². The summed E-state index contributed by atoms with van der Waals surface area (Å²) in [6.45, 7) is 14.4. The quantitative estimate of drug-likeness (QED) is 0.0458. The molecule has 0 saturated carbocycles. The summed E-state index contributed by atoms with van der Waals surface area (Å²) < 4.78 is 16.2. The van der Waals surface area contributed by atoms with Gasteiger partial charge in [-0.2, -0.15) is 0 Å². The van der Waals surface area contributed by atoms with E-state index >= 15 is 0 Å². The van der Waals surface area contributed by atoms with Gasteiger partial charge in [-0.05, 0) is 91.8 Å². The SMILES string of the molecule is CCCCCCCCCOC(=O)CCCCN(CCCCNC(=O)OC(C)(C)C)CCCCC(=O)OCCCCCCCCC. The van der Waals surface area contributed by atoms with Crippen LogP contribution in [0.2, 0.25) is 0 Å². The summed E-state index contributed by atoms with van der Waals surface area (Å²) in [6, 6.07) is 0. The van der Waals surface area contributed by atoms with Crippen molar-refractivity contribution in [2.45, 2.75) is 181 Å². The highest BCUT2D eigenvalue weighted by molar-refractivity contribution is 5.69. The minimum Gasteiger partial charge on any atom is -0.466 e. The maximum Gasteiger partial charge on any atom is 0.407 e. The number of hydrogen-bond acceptors (Lipinski definition) is 7. The summed E-state index contributed by atoms with van der Waals surface area (Å²) in [4.78, 5) is 38.6. The number of hydrogen-bond donors (Lipinski definition) is 1. The Hall–Kier alpha value is -1.83. The third-order valence-electron chi connectivity index (χ3n) is 7.80. The Kier molecular flexibility index (Phi) is 29.6. The average molecular weight is 641 g/mol. The highest BCUT2D eigenvalue weighted by Gasteiger charge is 2.15. The lowest BCUT2D eigenvalue weighted by atomic mass is 10.1. The first kappa shape index (κ1) is 43.2. The second kappa shape index (κ2) is 30.8. The van der Waals surface area contributed by atoms with Crippen molar-refractivity contribution in [1.29, 1.82) is 0 Å². The van der Waals surface area contributed by atoms with Crippen LogP contribution in [0.3, 0.4) is 0 Å². The number of ether oxygens (including phenoxy) is 3. The van der Waals surface area contributed by atoms with Gasteiger partial charge >= 0.3 is 18.0 Å². The lowest BCUT2D eigenvalue weighted by Crippen LogP contribution is -2.33. The molecule has 45 heavy (non-hydrogen) atoms. The zero-order valence-electron chi connectivity index (χ0n) is 30.2. The van der Waals surface area contributed by atoms with Crippen molar-refractivity contribution >= 4 is 18.0 Å². The molecule has 0 aliphatic heterocycles. The molecule has 0 unspecified atom stereocenters. The summed E-state index contributed by atoms with van der Waals surface area (Å²) in [5.74, 6) is -0.175. The van der Waals surface area contributed by atoms with E-state index in [1.807, 2.05) is 20.8 Å². The molecule has 8 nitrogen and oxygen atoms in total. The summed E-state index contributed by atoms with van der Waals surface area (Å²) in [5.41, 5.74) is -0.499. The third kappa shape index (κ3) is 33.4. The molecule has 0 spiro atoms.